The molecule has 4 aromatic rings. The minimum Gasteiger partial charge on any atom is -0.395 e. The molecule has 5 N–H and O–H groups in total. The van der Waals surface area contributed by atoms with Crippen molar-refractivity contribution in [2.24, 2.45) is 5.73 Å². The van der Waals surface area contributed by atoms with Gasteiger partial charge in [0.05, 0.1) is 5.69 Å². The Morgan fingerprint density at radius 2 is 1.55 bits per heavy atom. The second-order valence-electron chi connectivity index (χ2n) is 9.75. The first-order valence-corrected chi connectivity index (χ1v) is 13.4. The van der Waals surface area contributed by atoms with Gasteiger partial charge in [-0.2, -0.15) is 4.37 Å². The summed E-state index contributed by atoms with van der Waals surface area (Å²) < 4.78 is 4.02. The molecule has 0 saturated carbocycles. The fraction of sp³-hybridized carbons (Fsp3) is 0.200. The molecule has 1 aromatic heterocycles. The summed E-state index contributed by atoms with van der Waals surface area (Å²) in [6.07, 6.45) is 0. The topological polar surface area (TPSA) is 135 Å². The lowest BCUT2D eigenvalue weighted by Crippen LogP contribution is -2.44. The van der Waals surface area contributed by atoms with Gasteiger partial charge in [-0.3, -0.25) is 19.3 Å². The quantitative estimate of drug-likeness (QED) is 0.283. The normalized spacial score (nSPS) is 11.5. The fourth-order valence-corrected chi connectivity index (χ4v) is 5.21. The summed E-state index contributed by atoms with van der Waals surface area (Å²) in [5, 5.41) is 3.00. The van der Waals surface area contributed by atoms with Crippen molar-refractivity contribution in [2.75, 3.05) is 29.6 Å². The van der Waals surface area contributed by atoms with Crippen molar-refractivity contribution in [1.82, 2.24) is 9.69 Å². The number of aryl methyl sites for hydroxylation is 2. The molecule has 0 aliphatic rings. The van der Waals surface area contributed by atoms with Crippen LogP contribution in [0.4, 0.5) is 17.1 Å². The van der Waals surface area contributed by atoms with Gasteiger partial charge in [-0.05, 0) is 71.9 Å². The summed E-state index contributed by atoms with van der Waals surface area (Å²) >= 11 is 0.779. The number of primary amides is 1. The summed E-state index contributed by atoms with van der Waals surface area (Å²) in [4.78, 5) is 43.5. The molecule has 0 fully saturated rings. The maximum absolute atomic E-state index is 14.3. The van der Waals surface area contributed by atoms with Gasteiger partial charge in [0.1, 0.15) is 10.9 Å². The molecule has 0 aliphatic carbocycles. The van der Waals surface area contributed by atoms with Gasteiger partial charge in [-0.1, -0.05) is 48.5 Å². The van der Waals surface area contributed by atoms with Crippen LogP contribution < -0.4 is 26.6 Å². The van der Waals surface area contributed by atoms with Crippen LogP contribution in [0.15, 0.2) is 72.8 Å². The van der Waals surface area contributed by atoms with Crippen LogP contribution >= 0.6 is 11.5 Å². The van der Waals surface area contributed by atoms with Crippen molar-refractivity contribution < 1.29 is 14.4 Å². The van der Waals surface area contributed by atoms with E-state index in [2.05, 4.69) is 9.69 Å². The summed E-state index contributed by atoms with van der Waals surface area (Å²) in [7, 11) is 3.85. The van der Waals surface area contributed by atoms with Crippen LogP contribution in [0.1, 0.15) is 48.5 Å². The number of benzene rings is 3. The first kappa shape index (κ1) is 28.3. The Morgan fingerprint density at radius 3 is 2.10 bits per heavy atom. The molecule has 0 unspecified atom stereocenters. The van der Waals surface area contributed by atoms with Crippen molar-refractivity contribution in [1.29, 1.82) is 0 Å². The van der Waals surface area contributed by atoms with E-state index in [-0.39, 0.29) is 28.7 Å². The molecule has 1 heterocycles. The van der Waals surface area contributed by atoms with Crippen LogP contribution in [0.5, 0.6) is 0 Å². The van der Waals surface area contributed by atoms with Gasteiger partial charge in [0.15, 0.2) is 5.69 Å². The molecular formula is C30H32N6O3S. The number of aromatic nitrogens is 1. The number of anilines is 3. The summed E-state index contributed by atoms with van der Waals surface area (Å²) in [6.45, 7) is 4.11. The largest absolute Gasteiger partial charge is 0.395 e. The fourth-order valence-electron chi connectivity index (χ4n) is 4.47. The Bertz CT molecular complexity index is 1510. The highest BCUT2D eigenvalue weighted by Crippen LogP contribution is 2.34. The molecule has 10 heteroatoms. The minimum absolute atomic E-state index is 0.0266. The van der Waals surface area contributed by atoms with E-state index in [1.54, 1.807) is 0 Å². The number of nitrogens with two attached hydrogens (primary N) is 2. The average Bonchev–Trinajstić information content (AvgIpc) is 3.31. The number of nitrogens with one attached hydrogen (secondary N) is 1. The average molecular weight is 557 g/mol. The molecule has 206 valence electrons. The maximum Gasteiger partial charge on any atom is 0.273 e. The third-order valence-corrected chi connectivity index (χ3v) is 7.25. The molecule has 3 amide bonds. The zero-order valence-electron chi connectivity index (χ0n) is 22.8. The molecule has 4 rings (SSSR count). The van der Waals surface area contributed by atoms with E-state index >= 15 is 0 Å². The van der Waals surface area contributed by atoms with Crippen LogP contribution in [0.25, 0.3) is 0 Å². The van der Waals surface area contributed by atoms with Crippen molar-refractivity contribution >= 4 is 46.3 Å². The Balaban J connectivity index is 1.87. The van der Waals surface area contributed by atoms with E-state index < -0.39 is 17.9 Å². The molecule has 0 aliphatic heterocycles. The standard InChI is InChI=1S/C30H32N6O3S/c1-18-14-19(2)16-23(15-18)36(30(39)27-24(31)25(28(32)37)34-40-27)26(21-10-12-22(13-11-21)35(3)4)29(38)33-17-20-8-6-5-7-9-20/h5-16,26H,17,31H2,1-4H3,(H2,32,37)(H,33,38)/t26-/m0/s1. The summed E-state index contributed by atoms with van der Waals surface area (Å²) in [5.41, 5.74) is 16.1. The van der Waals surface area contributed by atoms with Crippen molar-refractivity contribution in [2.45, 2.75) is 26.4 Å². The summed E-state index contributed by atoms with van der Waals surface area (Å²) in [6, 6.07) is 21.6. The van der Waals surface area contributed by atoms with Gasteiger partial charge in [0.2, 0.25) is 5.91 Å². The van der Waals surface area contributed by atoms with Gasteiger partial charge >= 0.3 is 0 Å². The van der Waals surface area contributed by atoms with Gasteiger partial charge < -0.3 is 21.7 Å². The zero-order valence-corrected chi connectivity index (χ0v) is 23.7. The van der Waals surface area contributed by atoms with E-state index in [0.29, 0.717) is 11.3 Å². The van der Waals surface area contributed by atoms with E-state index in [9.17, 15) is 14.4 Å². The lowest BCUT2D eigenvalue weighted by molar-refractivity contribution is -0.122. The third kappa shape index (κ3) is 6.13. The molecule has 0 radical (unpaired) electrons. The maximum atomic E-state index is 14.3. The Kier molecular flexibility index (Phi) is 8.49. The number of rotatable bonds is 9. The predicted molar refractivity (Wildman–Crippen MR) is 160 cm³/mol. The van der Waals surface area contributed by atoms with Gasteiger partial charge in [0, 0.05) is 32.0 Å². The van der Waals surface area contributed by atoms with Gasteiger partial charge in [-0.25, -0.2) is 0 Å². The third-order valence-electron chi connectivity index (χ3n) is 6.40. The first-order chi connectivity index (χ1) is 19.1. The lowest BCUT2D eigenvalue weighted by atomic mass is 10.0. The van der Waals surface area contributed by atoms with E-state index in [4.69, 9.17) is 11.5 Å². The molecule has 3 aromatic carbocycles. The SMILES string of the molecule is Cc1cc(C)cc(N(C(=O)c2snc(C(N)=O)c2N)[C@H](C(=O)NCc2ccccc2)c2ccc(N(C)C)cc2)c1. The number of amides is 3. The van der Waals surface area contributed by atoms with E-state index in [0.717, 1.165) is 33.9 Å². The van der Waals surface area contributed by atoms with Crippen molar-refractivity contribution in [3.05, 3.63) is 106 Å². The minimum atomic E-state index is -1.06. The van der Waals surface area contributed by atoms with Crippen LogP contribution in [-0.2, 0) is 11.3 Å². The Labute approximate surface area is 237 Å². The van der Waals surface area contributed by atoms with Crippen molar-refractivity contribution in [3.63, 3.8) is 0 Å². The highest BCUT2D eigenvalue weighted by Gasteiger charge is 2.36. The van der Waals surface area contributed by atoms with Crippen molar-refractivity contribution in [3.8, 4) is 0 Å². The van der Waals surface area contributed by atoms with E-state index in [1.165, 1.54) is 4.90 Å². The second kappa shape index (κ2) is 12.0. The second-order valence-corrected chi connectivity index (χ2v) is 10.5. The first-order valence-electron chi connectivity index (χ1n) is 12.6. The van der Waals surface area contributed by atoms with Crippen LogP contribution in [-0.4, -0.2) is 36.2 Å². The molecule has 1 atom stereocenters. The van der Waals surface area contributed by atoms with Crippen LogP contribution in [0.3, 0.4) is 0 Å². The summed E-state index contributed by atoms with van der Waals surface area (Å²) in [5.74, 6) is -1.78. The molecule has 40 heavy (non-hydrogen) atoms. The predicted octanol–water partition coefficient (Wildman–Crippen LogP) is 4.21. The van der Waals surface area contributed by atoms with E-state index in [1.807, 2.05) is 106 Å². The smallest absolute Gasteiger partial charge is 0.273 e. The lowest BCUT2D eigenvalue weighted by Gasteiger charge is -2.32. The number of nitrogen functional groups attached to an aromatic ring is 1. The monoisotopic (exact) mass is 556 g/mol. The number of hydrogen-bond donors (Lipinski definition) is 3. The number of nitrogens with zero attached hydrogens (tertiary/aromatic N) is 3. The number of carbonyl (C=O) groups is 3. The molecule has 0 saturated heterocycles. The zero-order chi connectivity index (χ0) is 29.0. The van der Waals surface area contributed by atoms with Crippen LogP contribution in [0.2, 0.25) is 0 Å². The molecule has 9 nitrogen and oxygen atoms in total. The number of carbonyl (C=O) groups excluding carboxylic acids is 3. The van der Waals surface area contributed by atoms with Crippen LogP contribution in [0, 0.1) is 13.8 Å². The Morgan fingerprint density at radius 1 is 0.925 bits per heavy atom. The van der Waals surface area contributed by atoms with Gasteiger partial charge in [0.25, 0.3) is 11.8 Å². The Hall–Kier alpha value is -4.70. The highest BCUT2D eigenvalue weighted by atomic mass is 32.1. The molecular weight excluding hydrogens is 524 g/mol. The molecule has 0 spiro atoms. The highest BCUT2D eigenvalue weighted by molar-refractivity contribution is 7.09. The molecule has 0 bridgehead atoms. The number of hydrogen-bond acceptors (Lipinski definition) is 7. The van der Waals surface area contributed by atoms with Gasteiger partial charge in [-0.15, -0.1) is 0 Å².